The van der Waals surface area contributed by atoms with E-state index in [1.54, 1.807) is 4.68 Å². The maximum Gasteiger partial charge on any atom is 0.323 e. The number of aromatic nitrogens is 5. The van der Waals surface area contributed by atoms with E-state index in [1.807, 2.05) is 6.92 Å². The van der Waals surface area contributed by atoms with Crippen LogP contribution in [0.15, 0.2) is 39.9 Å². The summed E-state index contributed by atoms with van der Waals surface area (Å²) in [6, 6.07) is 6.62. The van der Waals surface area contributed by atoms with E-state index in [0.717, 1.165) is 31.6 Å². The molecule has 180 valence electrons. The Kier molecular flexibility index (Phi) is 4.30. The Morgan fingerprint density at radius 3 is 2.83 bits per heavy atom. The number of fused-ring (bicyclic) bond motifs is 3. The molecule has 2 fully saturated rings. The molecule has 1 spiro atoms. The van der Waals surface area contributed by atoms with Crippen molar-refractivity contribution in [2.45, 2.75) is 56.5 Å². The van der Waals surface area contributed by atoms with E-state index in [9.17, 15) is 9.18 Å². The Morgan fingerprint density at radius 1 is 1.23 bits per heavy atom. The Bertz CT molecular complexity index is 1530. The predicted octanol–water partition coefficient (Wildman–Crippen LogP) is 3.47. The molecule has 4 aromatic rings. The van der Waals surface area contributed by atoms with Crippen LogP contribution in [0.1, 0.15) is 49.4 Å². The third-order valence-electron chi connectivity index (χ3n) is 7.87. The highest BCUT2D eigenvalue weighted by molar-refractivity contribution is 5.76. The molecule has 0 saturated heterocycles. The second kappa shape index (κ2) is 7.24. The van der Waals surface area contributed by atoms with Crippen molar-refractivity contribution in [2.24, 2.45) is 0 Å². The van der Waals surface area contributed by atoms with E-state index in [1.165, 1.54) is 41.1 Å². The summed E-state index contributed by atoms with van der Waals surface area (Å²) in [7, 11) is 0. The van der Waals surface area contributed by atoms with Crippen LogP contribution < -0.4 is 16.2 Å². The zero-order chi connectivity index (χ0) is 23.8. The van der Waals surface area contributed by atoms with Gasteiger partial charge in [-0.05, 0) is 55.9 Å². The molecule has 2 aliphatic carbocycles. The first-order valence-corrected chi connectivity index (χ1v) is 12.2. The topological polar surface area (TPSA) is 103 Å². The van der Waals surface area contributed by atoms with Crippen molar-refractivity contribution in [3.05, 3.63) is 57.8 Å². The van der Waals surface area contributed by atoms with Gasteiger partial charge in [0, 0.05) is 42.3 Å². The van der Waals surface area contributed by atoms with Gasteiger partial charge in [0.2, 0.25) is 5.95 Å². The molecule has 7 rings (SSSR count). The van der Waals surface area contributed by atoms with Crippen molar-refractivity contribution >= 4 is 22.7 Å². The van der Waals surface area contributed by atoms with Crippen LogP contribution in [-0.4, -0.2) is 37.5 Å². The first-order chi connectivity index (χ1) is 17.1. The molecule has 0 atom stereocenters. The maximum atomic E-state index is 13.6. The number of benzene rings is 1. The summed E-state index contributed by atoms with van der Waals surface area (Å²) >= 11 is 0. The summed E-state index contributed by atoms with van der Waals surface area (Å²) in [4.78, 5) is 26.6. The maximum absolute atomic E-state index is 13.6. The number of oxazole rings is 1. The molecule has 0 bridgehead atoms. The lowest BCUT2D eigenvalue weighted by Gasteiger charge is -2.26. The van der Waals surface area contributed by atoms with Crippen LogP contribution in [0.2, 0.25) is 0 Å². The molecule has 1 aliphatic heterocycles. The van der Waals surface area contributed by atoms with E-state index in [2.05, 4.69) is 43.8 Å². The summed E-state index contributed by atoms with van der Waals surface area (Å²) in [5, 5.41) is 7.19. The lowest BCUT2D eigenvalue weighted by Crippen LogP contribution is -2.33. The first-order valence-electron chi connectivity index (χ1n) is 12.2. The van der Waals surface area contributed by atoms with E-state index >= 15 is 0 Å². The Hall–Kier alpha value is -3.53. The number of halogens is 1. The fourth-order valence-corrected chi connectivity index (χ4v) is 5.38. The number of nitrogens with one attached hydrogen (secondary N) is 2. The van der Waals surface area contributed by atoms with Gasteiger partial charge >= 0.3 is 6.01 Å². The van der Waals surface area contributed by atoms with Crippen LogP contribution in [0.3, 0.4) is 0 Å². The van der Waals surface area contributed by atoms with E-state index < -0.39 is 12.1 Å². The average molecular weight is 476 g/mol. The van der Waals surface area contributed by atoms with Gasteiger partial charge in [-0.1, -0.05) is 6.07 Å². The van der Waals surface area contributed by atoms with E-state index in [0.29, 0.717) is 34.6 Å². The largest absolute Gasteiger partial charge is 0.430 e. The Morgan fingerprint density at radius 2 is 2.09 bits per heavy atom. The van der Waals surface area contributed by atoms with Crippen molar-refractivity contribution in [3.63, 3.8) is 0 Å². The van der Waals surface area contributed by atoms with Crippen molar-refractivity contribution in [1.29, 1.82) is 0 Å². The Balaban J connectivity index is 1.28. The zero-order valence-electron chi connectivity index (χ0n) is 19.5. The summed E-state index contributed by atoms with van der Waals surface area (Å²) in [6.07, 6.45) is 6.99. The minimum absolute atomic E-state index is 0.202. The summed E-state index contributed by atoms with van der Waals surface area (Å²) in [5.74, 6) is 0.374. The highest BCUT2D eigenvalue weighted by Gasteiger charge is 2.48. The molecule has 0 unspecified atom stereocenters. The second-order valence-corrected chi connectivity index (χ2v) is 10.1. The van der Waals surface area contributed by atoms with Crippen LogP contribution in [0.5, 0.6) is 0 Å². The van der Waals surface area contributed by atoms with Gasteiger partial charge in [-0.25, -0.2) is 9.67 Å². The molecular formula is C25H26FN7O2. The standard InChI is InChI=1S/C25H26FN7O2/c1-2-32-21(34)17-11-28-22(29-16-3-4-18-15(9-16)10-27-14-25(18)7-8-25)31-20(17)33(32)23-30-19(12-35-23)24(13-26)5-6-24/h3-4,9,11-12,27H,2,5-8,10,13-14H2,1H3,(H,28,29,31). The number of nitrogens with zero attached hydrogens (tertiary/aromatic N) is 5. The molecule has 2 N–H and O–H groups in total. The van der Waals surface area contributed by atoms with Crippen molar-refractivity contribution in [3.8, 4) is 6.01 Å². The van der Waals surface area contributed by atoms with E-state index in [-0.39, 0.29) is 11.6 Å². The quantitative estimate of drug-likeness (QED) is 0.440. The molecule has 0 amide bonds. The number of hydrogen-bond donors (Lipinski definition) is 2. The second-order valence-electron chi connectivity index (χ2n) is 10.1. The molecule has 1 aromatic carbocycles. The molecule has 3 aliphatic rings. The smallest absolute Gasteiger partial charge is 0.323 e. The van der Waals surface area contributed by atoms with Crippen LogP contribution in [0, 0.1) is 0 Å². The van der Waals surface area contributed by atoms with Gasteiger partial charge in [-0.3, -0.25) is 9.18 Å². The molecule has 35 heavy (non-hydrogen) atoms. The molecule has 0 radical (unpaired) electrons. The molecular weight excluding hydrogens is 449 g/mol. The fourth-order valence-electron chi connectivity index (χ4n) is 5.38. The third kappa shape index (κ3) is 3.09. The number of anilines is 2. The van der Waals surface area contributed by atoms with Crippen LogP contribution in [0.25, 0.3) is 17.0 Å². The van der Waals surface area contributed by atoms with Gasteiger partial charge in [0.1, 0.15) is 18.3 Å². The molecule has 3 aromatic heterocycles. The van der Waals surface area contributed by atoms with Crippen LogP contribution >= 0.6 is 0 Å². The number of hydrogen-bond acceptors (Lipinski definition) is 7. The van der Waals surface area contributed by atoms with Crippen LogP contribution in [0.4, 0.5) is 16.0 Å². The van der Waals surface area contributed by atoms with Crippen molar-refractivity contribution < 1.29 is 8.81 Å². The van der Waals surface area contributed by atoms with Gasteiger partial charge in [0.15, 0.2) is 5.65 Å². The predicted molar refractivity (Wildman–Crippen MR) is 128 cm³/mol. The summed E-state index contributed by atoms with van der Waals surface area (Å²) in [6.45, 7) is 3.68. The molecule has 9 nitrogen and oxygen atoms in total. The minimum atomic E-state index is -0.551. The van der Waals surface area contributed by atoms with Gasteiger partial charge < -0.3 is 15.1 Å². The summed E-state index contributed by atoms with van der Waals surface area (Å²) < 4.78 is 22.4. The van der Waals surface area contributed by atoms with Crippen molar-refractivity contribution in [2.75, 3.05) is 18.5 Å². The highest BCUT2D eigenvalue weighted by atomic mass is 19.1. The third-order valence-corrected chi connectivity index (χ3v) is 7.87. The number of rotatable bonds is 6. The Labute approximate surface area is 200 Å². The fraction of sp³-hybridized carbons (Fsp3) is 0.440. The average Bonchev–Trinajstić information content (AvgIpc) is 3.77. The normalized spacial score (nSPS) is 19.1. The molecule has 10 heteroatoms. The molecule has 4 heterocycles. The minimum Gasteiger partial charge on any atom is -0.430 e. The SMILES string of the molecule is CCn1c(=O)c2cnc(Nc3ccc4c(c3)CNCC43CC3)nc2n1-c1nc(C2(CF)CC2)co1. The van der Waals surface area contributed by atoms with Gasteiger partial charge in [-0.15, -0.1) is 0 Å². The van der Waals surface area contributed by atoms with Gasteiger partial charge in [-0.2, -0.15) is 14.6 Å². The lowest BCUT2D eigenvalue weighted by atomic mass is 9.88. The first kappa shape index (κ1) is 20.8. The number of alkyl halides is 1. The summed E-state index contributed by atoms with van der Waals surface area (Å²) in [5.41, 5.74) is 4.13. The monoisotopic (exact) mass is 475 g/mol. The zero-order valence-corrected chi connectivity index (χ0v) is 19.5. The van der Waals surface area contributed by atoms with Gasteiger partial charge in [0.25, 0.3) is 5.56 Å². The molecule has 2 saturated carbocycles. The van der Waals surface area contributed by atoms with Crippen molar-refractivity contribution in [1.82, 2.24) is 29.6 Å². The van der Waals surface area contributed by atoms with Crippen LogP contribution in [-0.2, 0) is 23.9 Å². The van der Waals surface area contributed by atoms with E-state index in [4.69, 9.17) is 4.42 Å². The lowest BCUT2D eigenvalue weighted by molar-refractivity contribution is 0.411. The van der Waals surface area contributed by atoms with Gasteiger partial charge in [0.05, 0.1) is 5.69 Å². The highest BCUT2D eigenvalue weighted by Crippen LogP contribution is 2.51.